The van der Waals surface area contributed by atoms with Crippen LogP contribution in [0.2, 0.25) is 0 Å². The number of rotatable bonds is 4. The number of benzene rings is 1. The molecule has 1 heterocycles. The van der Waals surface area contributed by atoms with Gasteiger partial charge >= 0.3 is 0 Å². The number of nitrogens with one attached hydrogen (secondary N) is 1. The topological polar surface area (TPSA) is 15.3 Å². The molecule has 0 spiro atoms. The summed E-state index contributed by atoms with van der Waals surface area (Å²) in [6, 6.07) is 8.67. The fourth-order valence-corrected chi connectivity index (χ4v) is 2.14. The van der Waals surface area contributed by atoms with Gasteiger partial charge in [0.2, 0.25) is 0 Å². The third-order valence-corrected chi connectivity index (χ3v) is 2.78. The minimum Gasteiger partial charge on any atom is -0.316 e. The average molecular weight is 202 g/mol. The highest BCUT2D eigenvalue weighted by Crippen LogP contribution is 2.22. The first-order chi connectivity index (χ1) is 7.29. The highest BCUT2D eigenvalue weighted by molar-refractivity contribution is 5.30. The Labute approximate surface area is 91.6 Å². The van der Waals surface area contributed by atoms with Crippen molar-refractivity contribution in [1.82, 2.24) is 10.2 Å². The lowest BCUT2D eigenvalue weighted by Crippen LogP contribution is -2.23. The predicted octanol–water partition coefficient (Wildman–Crippen LogP) is 1.78. The maximum absolute atomic E-state index is 4.07. The Balaban J connectivity index is 1.93. The molecule has 1 aromatic rings. The van der Waals surface area contributed by atoms with Crippen molar-refractivity contribution < 1.29 is 0 Å². The fourth-order valence-electron chi connectivity index (χ4n) is 2.14. The fraction of sp³-hybridized carbons (Fsp3) is 0.385. The molecule has 0 unspecified atom stereocenters. The summed E-state index contributed by atoms with van der Waals surface area (Å²) in [4.78, 5) is 2.43. The number of hydrogen-bond acceptors (Lipinski definition) is 2. The molecule has 0 saturated heterocycles. The molecule has 80 valence electrons. The summed E-state index contributed by atoms with van der Waals surface area (Å²) in [5.74, 6) is 0. The Morgan fingerprint density at radius 1 is 1.33 bits per heavy atom. The van der Waals surface area contributed by atoms with Gasteiger partial charge < -0.3 is 5.32 Å². The Morgan fingerprint density at radius 3 is 2.47 bits per heavy atom. The summed E-state index contributed by atoms with van der Waals surface area (Å²) in [7, 11) is 1.96. The SMILES string of the molecule is C=C(CNC)CN1Cc2ccccc2C1. The summed E-state index contributed by atoms with van der Waals surface area (Å²) in [6.07, 6.45) is 0. The largest absolute Gasteiger partial charge is 0.316 e. The summed E-state index contributed by atoms with van der Waals surface area (Å²) in [5.41, 5.74) is 4.19. The minimum absolute atomic E-state index is 0.910. The first-order valence-corrected chi connectivity index (χ1v) is 5.40. The quantitative estimate of drug-likeness (QED) is 0.749. The molecule has 1 N–H and O–H groups in total. The highest BCUT2D eigenvalue weighted by Gasteiger charge is 2.17. The van der Waals surface area contributed by atoms with Gasteiger partial charge in [-0.15, -0.1) is 0 Å². The van der Waals surface area contributed by atoms with Crippen LogP contribution < -0.4 is 5.32 Å². The first kappa shape index (κ1) is 10.4. The standard InChI is InChI=1S/C13H18N2/c1-11(7-14-2)8-15-9-12-5-3-4-6-13(12)10-15/h3-6,14H,1,7-10H2,2H3. The van der Waals surface area contributed by atoms with Gasteiger partial charge in [-0.2, -0.15) is 0 Å². The van der Waals surface area contributed by atoms with Crippen LogP contribution >= 0.6 is 0 Å². The first-order valence-electron chi connectivity index (χ1n) is 5.40. The van der Waals surface area contributed by atoms with Crippen molar-refractivity contribution >= 4 is 0 Å². The van der Waals surface area contributed by atoms with Gasteiger partial charge in [-0.1, -0.05) is 30.8 Å². The second kappa shape index (κ2) is 4.60. The van der Waals surface area contributed by atoms with Gasteiger partial charge in [0.05, 0.1) is 0 Å². The lowest BCUT2D eigenvalue weighted by atomic mass is 10.1. The Morgan fingerprint density at radius 2 is 1.93 bits per heavy atom. The van der Waals surface area contributed by atoms with Crippen LogP contribution in [0, 0.1) is 0 Å². The number of nitrogens with zero attached hydrogens (tertiary/aromatic N) is 1. The van der Waals surface area contributed by atoms with E-state index < -0.39 is 0 Å². The minimum atomic E-state index is 0.910. The maximum Gasteiger partial charge on any atom is 0.0243 e. The Kier molecular flexibility index (Phi) is 3.19. The molecule has 0 radical (unpaired) electrons. The zero-order chi connectivity index (χ0) is 10.7. The van der Waals surface area contributed by atoms with Crippen molar-refractivity contribution in [3.05, 3.63) is 47.5 Å². The lowest BCUT2D eigenvalue weighted by molar-refractivity contribution is 0.308. The van der Waals surface area contributed by atoms with E-state index in [0.29, 0.717) is 0 Å². The van der Waals surface area contributed by atoms with Crippen molar-refractivity contribution in [3.63, 3.8) is 0 Å². The molecule has 0 saturated carbocycles. The van der Waals surface area contributed by atoms with Crippen LogP contribution in [-0.2, 0) is 13.1 Å². The maximum atomic E-state index is 4.07. The van der Waals surface area contributed by atoms with Crippen LogP contribution in [0.25, 0.3) is 0 Å². The van der Waals surface area contributed by atoms with Crippen molar-refractivity contribution in [1.29, 1.82) is 0 Å². The third kappa shape index (κ3) is 2.46. The van der Waals surface area contributed by atoms with E-state index in [-0.39, 0.29) is 0 Å². The van der Waals surface area contributed by atoms with E-state index in [4.69, 9.17) is 0 Å². The van der Waals surface area contributed by atoms with Gasteiger partial charge in [-0.3, -0.25) is 4.90 Å². The van der Waals surface area contributed by atoms with E-state index in [9.17, 15) is 0 Å². The smallest absolute Gasteiger partial charge is 0.0243 e. The van der Waals surface area contributed by atoms with Crippen molar-refractivity contribution in [2.45, 2.75) is 13.1 Å². The van der Waals surface area contributed by atoms with Gasteiger partial charge in [0.25, 0.3) is 0 Å². The molecule has 0 aliphatic carbocycles. The summed E-state index contributed by atoms with van der Waals surface area (Å²) < 4.78 is 0. The van der Waals surface area contributed by atoms with Gasteiger partial charge in [-0.25, -0.2) is 0 Å². The molecule has 15 heavy (non-hydrogen) atoms. The molecule has 0 fully saturated rings. The molecular formula is C13H18N2. The summed E-state index contributed by atoms with van der Waals surface area (Å²) in [5, 5.41) is 3.14. The molecule has 0 aromatic heterocycles. The van der Waals surface area contributed by atoms with E-state index >= 15 is 0 Å². The molecule has 2 rings (SSSR count). The third-order valence-electron chi connectivity index (χ3n) is 2.78. The van der Waals surface area contributed by atoms with Crippen molar-refractivity contribution in [2.75, 3.05) is 20.1 Å². The lowest BCUT2D eigenvalue weighted by Gasteiger charge is -2.16. The van der Waals surface area contributed by atoms with Crippen LogP contribution in [0.5, 0.6) is 0 Å². The molecule has 1 aromatic carbocycles. The van der Waals surface area contributed by atoms with E-state index in [1.807, 2.05) is 7.05 Å². The van der Waals surface area contributed by atoms with Crippen LogP contribution in [0.4, 0.5) is 0 Å². The van der Waals surface area contributed by atoms with Gasteiger partial charge in [-0.05, 0) is 23.7 Å². The van der Waals surface area contributed by atoms with Gasteiger partial charge in [0.15, 0.2) is 0 Å². The number of likely N-dealkylation sites (N-methyl/N-ethyl adjacent to an activating group) is 1. The second-order valence-corrected chi connectivity index (χ2v) is 4.19. The summed E-state index contributed by atoms with van der Waals surface area (Å²) in [6.45, 7) is 8.11. The van der Waals surface area contributed by atoms with E-state index in [1.165, 1.54) is 16.7 Å². The molecule has 1 aliphatic rings. The summed E-state index contributed by atoms with van der Waals surface area (Å²) >= 11 is 0. The second-order valence-electron chi connectivity index (χ2n) is 4.19. The van der Waals surface area contributed by atoms with Crippen LogP contribution in [-0.4, -0.2) is 25.0 Å². The average Bonchev–Trinajstić information content (AvgIpc) is 2.59. The van der Waals surface area contributed by atoms with Crippen LogP contribution in [0.3, 0.4) is 0 Å². The van der Waals surface area contributed by atoms with E-state index in [0.717, 1.165) is 26.2 Å². The Bertz CT molecular complexity index is 332. The van der Waals surface area contributed by atoms with Crippen LogP contribution in [0.15, 0.2) is 36.4 Å². The monoisotopic (exact) mass is 202 g/mol. The number of fused-ring (bicyclic) bond motifs is 1. The normalized spacial score (nSPS) is 15.3. The van der Waals surface area contributed by atoms with Crippen molar-refractivity contribution in [2.24, 2.45) is 0 Å². The molecule has 1 aliphatic heterocycles. The molecule has 2 heteroatoms. The van der Waals surface area contributed by atoms with E-state index in [1.54, 1.807) is 0 Å². The van der Waals surface area contributed by atoms with Crippen molar-refractivity contribution in [3.8, 4) is 0 Å². The molecular weight excluding hydrogens is 184 g/mol. The van der Waals surface area contributed by atoms with Gasteiger partial charge in [0.1, 0.15) is 0 Å². The molecule has 0 bridgehead atoms. The zero-order valence-corrected chi connectivity index (χ0v) is 9.29. The molecule has 0 amide bonds. The molecule has 0 atom stereocenters. The van der Waals surface area contributed by atoms with E-state index in [2.05, 4.69) is 41.1 Å². The van der Waals surface area contributed by atoms with Gasteiger partial charge in [0, 0.05) is 26.2 Å². The molecule has 2 nitrogen and oxygen atoms in total. The zero-order valence-electron chi connectivity index (χ0n) is 9.29. The Hall–Kier alpha value is -1.12. The highest BCUT2D eigenvalue weighted by atomic mass is 15.1. The predicted molar refractivity (Wildman–Crippen MR) is 63.6 cm³/mol. The number of hydrogen-bond donors (Lipinski definition) is 1. The van der Waals surface area contributed by atoms with Crippen LogP contribution in [0.1, 0.15) is 11.1 Å².